The molecule has 2 aromatic carbocycles. The standard InChI is InChI=1S/C19H25N3O3/c1-24-17-10-7-15(12-18(17)25-2)13-22-19(20)21-11-3-4-14-5-8-16(23)9-6-14/h5-10,12,23H,3-4,11,13H2,1-2H3,(H3,20,21,22). The minimum atomic E-state index is 0.286. The minimum absolute atomic E-state index is 0.286. The van der Waals surface area contributed by atoms with Crippen molar-refractivity contribution in [3.05, 3.63) is 53.6 Å². The summed E-state index contributed by atoms with van der Waals surface area (Å²) in [5.41, 5.74) is 8.07. The van der Waals surface area contributed by atoms with Gasteiger partial charge in [-0.3, -0.25) is 0 Å². The van der Waals surface area contributed by atoms with Gasteiger partial charge in [0.15, 0.2) is 17.5 Å². The van der Waals surface area contributed by atoms with Crippen LogP contribution in [0.4, 0.5) is 0 Å². The third-order valence-corrected chi connectivity index (χ3v) is 3.76. The average molecular weight is 343 g/mol. The summed E-state index contributed by atoms with van der Waals surface area (Å²) in [4.78, 5) is 4.34. The number of rotatable bonds is 8. The van der Waals surface area contributed by atoms with E-state index >= 15 is 0 Å². The summed E-state index contributed by atoms with van der Waals surface area (Å²) in [7, 11) is 3.21. The minimum Gasteiger partial charge on any atom is -0.508 e. The number of aromatic hydroxyl groups is 1. The molecule has 6 heteroatoms. The third-order valence-electron chi connectivity index (χ3n) is 3.76. The maximum Gasteiger partial charge on any atom is 0.188 e. The fourth-order valence-corrected chi connectivity index (χ4v) is 2.38. The first-order chi connectivity index (χ1) is 12.1. The van der Waals surface area contributed by atoms with Gasteiger partial charge in [-0.2, -0.15) is 0 Å². The second-order valence-corrected chi connectivity index (χ2v) is 5.59. The lowest BCUT2D eigenvalue weighted by atomic mass is 10.1. The van der Waals surface area contributed by atoms with Crippen molar-refractivity contribution in [2.75, 3.05) is 20.8 Å². The van der Waals surface area contributed by atoms with Gasteiger partial charge in [0.05, 0.1) is 20.8 Å². The second kappa shape index (κ2) is 9.42. The van der Waals surface area contributed by atoms with E-state index in [4.69, 9.17) is 15.2 Å². The van der Waals surface area contributed by atoms with E-state index in [1.807, 2.05) is 30.3 Å². The SMILES string of the molecule is COc1ccc(CN=C(N)NCCCc2ccc(O)cc2)cc1OC. The van der Waals surface area contributed by atoms with Crippen molar-refractivity contribution in [2.24, 2.45) is 10.7 Å². The molecule has 0 heterocycles. The molecule has 0 atom stereocenters. The number of phenols is 1. The molecule has 0 unspecified atom stereocenters. The van der Waals surface area contributed by atoms with Gasteiger partial charge in [-0.25, -0.2) is 4.99 Å². The molecule has 0 fully saturated rings. The number of nitrogens with zero attached hydrogens (tertiary/aromatic N) is 1. The van der Waals surface area contributed by atoms with E-state index in [0.717, 1.165) is 24.9 Å². The number of ether oxygens (including phenoxy) is 2. The molecule has 0 spiro atoms. The molecule has 0 bridgehead atoms. The van der Waals surface area contributed by atoms with E-state index in [-0.39, 0.29) is 5.75 Å². The van der Waals surface area contributed by atoms with Crippen molar-refractivity contribution in [3.63, 3.8) is 0 Å². The van der Waals surface area contributed by atoms with Crippen LogP contribution in [-0.2, 0) is 13.0 Å². The summed E-state index contributed by atoms with van der Waals surface area (Å²) in [6.45, 7) is 1.21. The first-order valence-corrected chi connectivity index (χ1v) is 8.15. The fraction of sp³-hybridized carbons (Fsp3) is 0.316. The molecule has 0 saturated heterocycles. The van der Waals surface area contributed by atoms with Gasteiger partial charge < -0.3 is 25.6 Å². The van der Waals surface area contributed by atoms with Crippen LogP contribution in [0.2, 0.25) is 0 Å². The summed E-state index contributed by atoms with van der Waals surface area (Å²) >= 11 is 0. The van der Waals surface area contributed by atoms with E-state index in [1.54, 1.807) is 26.4 Å². The molecular weight excluding hydrogens is 318 g/mol. The number of benzene rings is 2. The van der Waals surface area contributed by atoms with Gasteiger partial charge in [0, 0.05) is 6.54 Å². The molecule has 0 saturated carbocycles. The number of hydrogen-bond acceptors (Lipinski definition) is 4. The van der Waals surface area contributed by atoms with Crippen LogP contribution in [0.3, 0.4) is 0 Å². The quantitative estimate of drug-likeness (QED) is 0.389. The zero-order valence-electron chi connectivity index (χ0n) is 14.7. The van der Waals surface area contributed by atoms with Crippen LogP contribution in [-0.4, -0.2) is 31.8 Å². The van der Waals surface area contributed by atoms with Crippen LogP contribution in [0.1, 0.15) is 17.5 Å². The molecule has 0 aliphatic heterocycles. The Balaban J connectivity index is 1.76. The number of aryl methyl sites for hydroxylation is 1. The number of nitrogens with two attached hydrogens (primary N) is 1. The lowest BCUT2D eigenvalue weighted by Crippen LogP contribution is -2.32. The van der Waals surface area contributed by atoms with Crippen LogP contribution >= 0.6 is 0 Å². The number of guanidine groups is 1. The number of aliphatic imine (C=N–C) groups is 1. The molecule has 0 radical (unpaired) electrons. The average Bonchev–Trinajstić information content (AvgIpc) is 2.64. The summed E-state index contributed by atoms with van der Waals surface area (Å²) in [5.74, 6) is 2.07. The van der Waals surface area contributed by atoms with Gasteiger partial charge in [0.1, 0.15) is 5.75 Å². The molecule has 0 amide bonds. The summed E-state index contributed by atoms with van der Waals surface area (Å²) < 4.78 is 10.5. The molecule has 2 aromatic rings. The van der Waals surface area contributed by atoms with Crippen LogP contribution in [0.5, 0.6) is 17.2 Å². The van der Waals surface area contributed by atoms with E-state index < -0.39 is 0 Å². The first-order valence-electron chi connectivity index (χ1n) is 8.15. The van der Waals surface area contributed by atoms with E-state index in [0.29, 0.717) is 24.0 Å². The Labute approximate surface area is 148 Å². The van der Waals surface area contributed by atoms with E-state index in [2.05, 4.69) is 10.3 Å². The lowest BCUT2D eigenvalue weighted by Gasteiger charge is -2.09. The number of hydrogen-bond donors (Lipinski definition) is 3. The Bertz CT molecular complexity index is 700. The maximum absolute atomic E-state index is 9.26. The highest BCUT2D eigenvalue weighted by Gasteiger charge is 2.04. The van der Waals surface area contributed by atoms with Crippen molar-refractivity contribution in [1.82, 2.24) is 5.32 Å². The summed E-state index contributed by atoms with van der Waals surface area (Å²) in [5, 5.41) is 12.4. The van der Waals surface area contributed by atoms with Gasteiger partial charge in [-0.05, 0) is 48.2 Å². The normalized spacial score (nSPS) is 11.2. The first kappa shape index (κ1) is 18.4. The molecule has 0 aliphatic rings. The van der Waals surface area contributed by atoms with Crippen LogP contribution in [0, 0.1) is 0 Å². The van der Waals surface area contributed by atoms with Gasteiger partial charge in [0.25, 0.3) is 0 Å². The smallest absolute Gasteiger partial charge is 0.188 e. The van der Waals surface area contributed by atoms with Crippen molar-refractivity contribution in [2.45, 2.75) is 19.4 Å². The maximum atomic E-state index is 9.26. The Morgan fingerprint density at radius 1 is 1.04 bits per heavy atom. The van der Waals surface area contributed by atoms with E-state index in [1.165, 1.54) is 5.56 Å². The predicted molar refractivity (Wildman–Crippen MR) is 99.3 cm³/mol. The molecule has 0 aliphatic carbocycles. The largest absolute Gasteiger partial charge is 0.508 e. The molecule has 0 aromatic heterocycles. The zero-order chi connectivity index (χ0) is 18.1. The Morgan fingerprint density at radius 3 is 2.40 bits per heavy atom. The fourth-order valence-electron chi connectivity index (χ4n) is 2.38. The Morgan fingerprint density at radius 2 is 1.72 bits per heavy atom. The molecule has 4 N–H and O–H groups in total. The van der Waals surface area contributed by atoms with Gasteiger partial charge in [0.2, 0.25) is 0 Å². The summed E-state index contributed by atoms with van der Waals surface area (Å²) in [6.07, 6.45) is 1.84. The lowest BCUT2D eigenvalue weighted by molar-refractivity contribution is 0.354. The monoisotopic (exact) mass is 343 g/mol. The van der Waals surface area contributed by atoms with Crippen molar-refractivity contribution >= 4 is 5.96 Å². The number of nitrogens with one attached hydrogen (secondary N) is 1. The Kier molecular flexibility index (Phi) is 6.95. The van der Waals surface area contributed by atoms with Crippen molar-refractivity contribution in [3.8, 4) is 17.2 Å². The molecular formula is C19H25N3O3. The highest BCUT2D eigenvalue weighted by molar-refractivity contribution is 5.77. The second-order valence-electron chi connectivity index (χ2n) is 5.59. The van der Waals surface area contributed by atoms with Crippen molar-refractivity contribution in [1.29, 1.82) is 0 Å². The summed E-state index contributed by atoms with van der Waals surface area (Å²) in [6, 6.07) is 12.9. The van der Waals surface area contributed by atoms with Gasteiger partial charge in [-0.1, -0.05) is 18.2 Å². The van der Waals surface area contributed by atoms with Crippen LogP contribution < -0.4 is 20.5 Å². The highest BCUT2D eigenvalue weighted by Crippen LogP contribution is 2.27. The topological polar surface area (TPSA) is 89.1 Å². The van der Waals surface area contributed by atoms with Gasteiger partial charge >= 0.3 is 0 Å². The predicted octanol–water partition coefficient (Wildman–Crippen LogP) is 2.45. The van der Waals surface area contributed by atoms with Gasteiger partial charge in [-0.15, -0.1) is 0 Å². The van der Waals surface area contributed by atoms with E-state index in [9.17, 15) is 5.11 Å². The molecule has 2 rings (SSSR count). The Hall–Kier alpha value is -2.89. The molecule has 134 valence electrons. The third kappa shape index (κ3) is 5.91. The number of phenolic OH excluding ortho intramolecular Hbond substituents is 1. The van der Waals surface area contributed by atoms with Crippen molar-refractivity contribution < 1.29 is 14.6 Å². The number of methoxy groups -OCH3 is 2. The molecule has 6 nitrogen and oxygen atoms in total. The highest BCUT2D eigenvalue weighted by atomic mass is 16.5. The zero-order valence-corrected chi connectivity index (χ0v) is 14.7. The van der Waals surface area contributed by atoms with Crippen LogP contribution in [0.25, 0.3) is 0 Å². The van der Waals surface area contributed by atoms with Crippen LogP contribution in [0.15, 0.2) is 47.5 Å². The molecule has 25 heavy (non-hydrogen) atoms.